The van der Waals surface area contributed by atoms with Crippen molar-refractivity contribution in [3.63, 3.8) is 0 Å². The lowest BCUT2D eigenvalue weighted by Crippen LogP contribution is -2.59. The molecule has 0 aliphatic heterocycles. The number of hydrogen-bond acceptors (Lipinski definition) is 7. The Morgan fingerprint density at radius 1 is 0.892 bits per heavy atom. The van der Waals surface area contributed by atoms with Crippen LogP contribution in [0.2, 0.25) is 0 Å². The molecule has 0 bridgehead atoms. The Kier molecular flexibility index (Phi) is 10.3. The number of fused-ring (bicyclic) bond motifs is 1. The number of rotatable bonds is 12. The summed E-state index contributed by atoms with van der Waals surface area (Å²) in [6.07, 6.45) is 1.04. The molecule has 1 heterocycles. The molecule has 3 rings (SSSR count). The van der Waals surface area contributed by atoms with Crippen LogP contribution in [0.3, 0.4) is 0 Å². The lowest BCUT2D eigenvalue weighted by Gasteiger charge is -2.25. The van der Waals surface area contributed by atoms with E-state index < -0.39 is 30.1 Å². The third kappa shape index (κ3) is 8.24. The maximum Gasteiger partial charge on any atom is 0.319 e. The predicted octanol–water partition coefficient (Wildman–Crippen LogP) is 0.505. The highest BCUT2D eigenvalue weighted by molar-refractivity contribution is 5.99. The first-order valence-corrected chi connectivity index (χ1v) is 12.1. The Labute approximate surface area is 215 Å². The Morgan fingerprint density at radius 2 is 1.57 bits per heavy atom. The fraction of sp³-hybridized carbons (Fsp3) is 0.308. The van der Waals surface area contributed by atoms with Crippen molar-refractivity contribution in [1.82, 2.24) is 20.5 Å². The standard InChI is InChI=1S/C26H34N8O3/c27-12-14-34(15-13-28)26(37)33-23(29)25(36)32-22(11-10-18-6-2-1-3-7-18)24(35)31-20-16-19-8-4-5-9-21(19)30-17-20/h1-9,16-17,22-23H,10-15,27-29H2,(H,31,35)(H,32,36)(H,33,37). The molecule has 0 aliphatic carbocycles. The first-order chi connectivity index (χ1) is 17.9. The molecule has 0 radical (unpaired) electrons. The van der Waals surface area contributed by atoms with Crippen LogP contribution in [0.1, 0.15) is 12.0 Å². The zero-order chi connectivity index (χ0) is 26.6. The van der Waals surface area contributed by atoms with E-state index in [1.54, 1.807) is 6.20 Å². The van der Waals surface area contributed by atoms with Gasteiger partial charge in [0.2, 0.25) is 5.91 Å². The van der Waals surface area contributed by atoms with Crippen molar-refractivity contribution >= 4 is 34.4 Å². The highest BCUT2D eigenvalue weighted by Crippen LogP contribution is 2.17. The summed E-state index contributed by atoms with van der Waals surface area (Å²) in [4.78, 5) is 44.3. The van der Waals surface area contributed by atoms with Crippen LogP contribution in [0.25, 0.3) is 10.9 Å². The molecular formula is C26H34N8O3. The molecule has 9 N–H and O–H groups in total. The minimum Gasteiger partial charge on any atom is -0.341 e. The van der Waals surface area contributed by atoms with Crippen molar-refractivity contribution in [2.24, 2.45) is 17.2 Å². The molecule has 196 valence electrons. The van der Waals surface area contributed by atoms with Gasteiger partial charge in [-0.3, -0.25) is 14.6 Å². The van der Waals surface area contributed by atoms with Gasteiger partial charge < -0.3 is 38.1 Å². The molecule has 2 aromatic carbocycles. The van der Waals surface area contributed by atoms with Gasteiger partial charge in [0.25, 0.3) is 5.91 Å². The molecule has 2 unspecified atom stereocenters. The average molecular weight is 507 g/mol. The Morgan fingerprint density at radius 3 is 2.27 bits per heavy atom. The molecule has 0 saturated heterocycles. The van der Waals surface area contributed by atoms with E-state index in [0.717, 1.165) is 16.5 Å². The van der Waals surface area contributed by atoms with Gasteiger partial charge in [-0.2, -0.15) is 0 Å². The van der Waals surface area contributed by atoms with Crippen LogP contribution in [0.4, 0.5) is 10.5 Å². The monoisotopic (exact) mass is 506 g/mol. The van der Waals surface area contributed by atoms with Crippen LogP contribution < -0.4 is 33.2 Å². The maximum absolute atomic E-state index is 13.2. The van der Waals surface area contributed by atoms with Gasteiger partial charge in [-0.1, -0.05) is 48.5 Å². The molecule has 0 fully saturated rings. The van der Waals surface area contributed by atoms with E-state index in [1.165, 1.54) is 4.90 Å². The Hall–Kier alpha value is -4.06. The molecule has 11 heteroatoms. The number of urea groups is 1. The van der Waals surface area contributed by atoms with Gasteiger partial charge in [-0.15, -0.1) is 0 Å². The third-order valence-electron chi connectivity index (χ3n) is 5.70. The normalized spacial score (nSPS) is 12.4. The van der Waals surface area contributed by atoms with E-state index >= 15 is 0 Å². The molecule has 0 spiro atoms. The summed E-state index contributed by atoms with van der Waals surface area (Å²) in [6.45, 7) is 0.999. The number of para-hydroxylation sites is 1. The summed E-state index contributed by atoms with van der Waals surface area (Å²) >= 11 is 0. The predicted molar refractivity (Wildman–Crippen MR) is 143 cm³/mol. The van der Waals surface area contributed by atoms with E-state index in [1.807, 2.05) is 60.7 Å². The minimum atomic E-state index is -1.38. The van der Waals surface area contributed by atoms with Gasteiger partial charge in [0.1, 0.15) is 6.04 Å². The molecule has 3 aromatic rings. The number of nitrogens with zero attached hydrogens (tertiary/aromatic N) is 2. The smallest absolute Gasteiger partial charge is 0.319 e. The second-order valence-electron chi connectivity index (χ2n) is 8.48. The van der Waals surface area contributed by atoms with Crippen LogP contribution in [-0.2, 0) is 16.0 Å². The number of carbonyl (C=O) groups excluding carboxylic acids is 3. The zero-order valence-corrected chi connectivity index (χ0v) is 20.6. The van der Waals surface area contributed by atoms with Crippen molar-refractivity contribution in [2.75, 3.05) is 31.5 Å². The van der Waals surface area contributed by atoms with Crippen molar-refractivity contribution in [1.29, 1.82) is 0 Å². The van der Waals surface area contributed by atoms with Crippen LogP contribution in [0, 0.1) is 0 Å². The Balaban J connectivity index is 1.69. The van der Waals surface area contributed by atoms with E-state index in [4.69, 9.17) is 17.2 Å². The number of aryl methyl sites for hydroxylation is 1. The molecule has 4 amide bonds. The van der Waals surface area contributed by atoms with Crippen LogP contribution in [0.15, 0.2) is 66.9 Å². The quantitative estimate of drug-likeness (QED) is 0.193. The highest BCUT2D eigenvalue weighted by atomic mass is 16.2. The summed E-state index contributed by atoms with van der Waals surface area (Å²) in [6, 6.07) is 17.5. The van der Waals surface area contributed by atoms with E-state index in [-0.39, 0.29) is 26.2 Å². The summed E-state index contributed by atoms with van der Waals surface area (Å²) in [7, 11) is 0. The van der Waals surface area contributed by atoms with E-state index in [2.05, 4.69) is 20.9 Å². The molecule has 0 aliphatic rings. The number of carbonyl (C=O) groups is 3. The number of nitrogens with one attached hydrogen (secondary N) is 3. The van der Waals surface area contributed by atoms with Crippen molar-refractivity contribution in [2.45, 2.75) is 25.0 Å². The second-order valence-corrected chi connectivity index (χ2v) is 8.48. The summed E-state index contributed by atoms with van der Waals surface area (Å²) in [5.41, 5.74) is 19.3. The van der Waals surface area contributed by atoms with Crippen LogP contribution in [-0.4, -0.2) is 66.1 Å². The number of anilines is 1. The number of hydrogen-bond donors (Lipinski definition) is 6. The molecule has 0 saturated carbocycles. The first kappa shape index (κ1) is 27.5. The average Bonchev–Trinajstić information content (AvgIpc) is 2.91. The lowest BCUT2D eigenvalue weighted by atomic mass is 10.0. The third-order valence-corrected chi connectivity index (χ3v) is 5.70. The van der Waals surface area contributed by atoms with Crippen LogP contribution >= 0.6 is 0 Å². The molecule has 2 atom stereocenters. The SMILES string of the molecule is NCCN(CCN)C(=O)NC(N)C(=O)NC(CCc1ccccc1)C(=O)Nc1cnc2ccccc2c1. The fourth-order valence-corrected chi connectivity index (χ4v) is 3.77. The minimum absolute atomic E-state index is 0.236. The van der Waals surface area contributed by atoms with Gasteiger partial charge in [-0.05, 0) is 30.5 Å². The second kappa shape index (κ2) is 13.9. The Bertz CT molecular complexity index is 1180. The maximum atomic E-state index is 13.2. The summed E-state index contributed by atoms with van der Waals surface area (Å²) < 4.78 is 0. The largest absolute Gasteiger partial charge is 0.341 e. The molecule has 37 heavy (non-hydrogen) atoms. The number of nitrogens with two attached hydrogens (primary N) is 3. The number of benzene rings is 2. The van der Waals surface area contributed by atoms with Gasteiger partial charge in [0.05, 0.1) is 17.4 Å². The van der Waals surface area contributed by atoms with Gasteiger partial charge in [0.15, 0.2) is 6.17 Å². The number of aromatic nitrogens is 1. The number of amides is 4. The summed E-state index contributed by atoms with van der Waals surface area (Å²) in [5, 5.41) is 8.81. The van der Waals surface area contributed by atoms with Crippen LogP contribution in [0.5, 0.6) is 0 Å². The van der Waals surface area contributed by atoms with E-state index in [0.29, 0.717) is 18.5 Å². The molecule has 11 nitrogen and oxygen atoms in total. The van der Waals surface area contributed by atoms with E-state index in [9.17, 15) is 14.4 Å². The van der Waals surface area contributed by atoms with Crippen molar-refractivity contribution in [3.8, 4) is 0 Å². The fourth-order valence-electron chi connectivity index (χ4n) is 3.77. The topological polar surface area (TPSA) is 181 Å². The zero-order valence-electron chi connectivity index (χ0n) is 20.6. The molecular weight excluding hydrogens is 472 g/mol. The summed E-state index contributed by atoms with van der Waals surface area (Å²) in [5.74, 6) is -1.12. The first-order valence-electron chi connectivity index (χ1n) is 12.1. The van der Waals surface area contributed by atoms with Crippen molar-refractivity contribution < 1.29 is 14.4 Å². The highest BCUT2D eigenvalue weighted by Gasteiger charge is 2.26. The lowest BCUT2D eigenvalue weighted by molar-refractivity contribution is -0.127. The van der Waals surface area contributed by atoms with Gasteiger partial charge in [-0.25, -0.2) is 4.79 Å². The van der Waals surface area contributed by atoms with Crippen molar-refractivity contribution in [3.05, 3.63) is 72.4 Å². The number of pyridine rings is 1. The van der Waals surface area contributed by atoms with Gasteiger partial charge >= 0.3 is 6.03 Å². The van der Waals surface area contributed by atoms with Gasteiger partial charge in [0, 0.05) is 31.6 Å². The molecule has 1 aromatic heterocycles.